The van der Waals surface area contributed by atoms with Crippen molar-refractivity contribution in [1.82, 2.24) is 31.2 Å². The van der Waals surface area contributed by atoms with Crippen LogP contribution in [0.2, 0.25) is 0 Å². The van der Waals surface area contributed by atoms with Crippen LogP contribution >= 0.6 is 23.2 Å². The Labute approximate surface area is 284 Å². The van der Waals surface area contributed by atoms with E-state index in [4.69, 9.17) is 32.9 Å². The van der Waals surface area contributed by atoms with E-state index in [0.29, 0.717) is 62.0 Å². The Morgan fingerprint density at radius 1 is 0.936 bits per heavy atom. The summed E-state index contributed by atoms with van der Waals surface area (Å²) in [6.45, 7) is 2.42. The second-order valence-corrected chi connectivity index (χ2v) is 13.4. The van der Waals surface area contributed by atoms with Crippen LogP contribution in [0.5, 0.6) is 5.88 Å². The summed E-state index contributed by atoms with van der Waals surface area (Å²) >= 11 is 14.9. The molecule has 1 aromatic carbocycles. The van der Waals surface area contributed by atoms with Gasteiger partial charge in [0.15, 0.2) is 4.33 Å². The standard InChI is InChI=1S/C35H39Cl2N7O3/c1-47-33-25(20-39-22-27-11-14-32(46)42-27)9-12-29(43-33)34(16-5-8-28(35(34,36)37)24-6-3-2-4-7-24)44-30-18-23(15-17-40-30)19-38-21-26-10-13-31(45)41-26/h2-9,12,15-18,26-27,38-39H,10-11,13-14,19-22H2,1H3,(H,40,44)(H,41,45)(H,42,46)/t26-,27-,34?/m0/s1. The predicted octanol–water partition coefficient (Wildman–Crippen LogP) is 4.36. The summed E-state index contributed by atoms with van der Waals surface area (Å²) in [7, 11) is 1.59. The molecule has 0 spiro atoms. The van der Waals surface area contributed by atoms with Gasteiger partial charge in [0.2, 0.25) is 17.7 Å². The third-order valence-electron chi connectivity index (χ3n) is 8.81. The second-order valence-electron chi connectivity index (χ2n) is 12.1. The van der Waals surface area contributed by atoms with E-state index in [2.05, 4.69) is 31.6 Å². The van der Waals surface area contributed by atoms with Crippen molar-refractivity contribution in [2.75, 3.05) is 25.5 Å². The number of carbonyl (C=O) groups is 2. The summed E-state index contributed by atoms with van der Waals surface area (Å²) in [5.41, 5.74) is 2.74. The van der Waals surface area contributed by atoms with Crippen LogP contribution in [0.4, 0.5) is 5.82 Å². The van der Waals surface area contributed by atoms with Crippen molar-refractivity contribution in [1.29, 1.82) is 0 Å². The van der Waals surface area contributed by atoms with Crippen LogP contribution in [0.25, 0.3) is 5.57 Å². The number of hydrogen-bond donors (Lipinski definition) is 5. The number of aromatic nitrogens is 2. The third-order valence-corrected chi connectivity index (χ3v) is 9.81. The van der Waals surface area contributed by atoms with E-state index in [0.717, 1.165) is 29.5 Å². The number of anilines is 1. The largest absolute Gasteiger partial charge is 0.481 e. The summed E-state index contributed by atoms with van der Waals surface area (Å²) in [6.07, 6.45) is 10.3. The van der Waals surface area contributed by atoms with Gasteiger partial charge >= 0.3 is 0 Å². The summed E-state index contributed by atoms with van der Waals surface area (Å²) in [6, 6.07) is 17.8. The van der Waals surface area contributed by atoms with Gasteiger partial charge < -0.3 is 31.3 Å². The van der Waals surface area contributed by atoms with Crippen molar-refractivity contribution in [2.24, 2.45) is 0 Å². The van der Waals surface area contributed by atoms with Gasteiger partial charge in [0.05, 0.1) is 12.8 Å². The first-order valence-corrected chi connectivity index (χ1v) is 16.6. The summed E-state index contributed by atoms with van der Waals surface area (Å²) < 4.78 is 4.25. The minimum absolute atomic E-state index is 0.0867. The Hall–Kier alpha value is -3.96. The number of amides is 2. The Balaban J connectivity index is 1.28. The van der Waals surface area contributed by atoms with Gasteiger partial charge in [-0.05, 0) is 53.8 Å². The van der Waals surface area contributed by atoms with Gasteiger partial charge in [0.1, 0.15) is 11.4 Å². The van der Waals surface area contributed by atoms with Crippen LogP contribution in [0.15, 0.2) is 79.0 Å². The fourth-order valence-electron chi connectivity index (χ4n) is 6.32. The van der Waals surface area contributed by atoms with Gasteiger partial charge in [-0.25, -0.2) is 9.97 Å². The summed E-state index contributed by atoms with van der Waals surface area (Å²) in [5, 5.41) is 16.4. The van der Waals surface area contributed by atoms with E-state index in [1.54, 1.807) is 13.3 Å². The molecule has 2 aromatic heterocycles. The average molecular weight is 677 g/mol. The normalized spacial score (nSPS) is 23.3. The number of allylic oxidation sites excluding steroid dienone is 2. The summed E-state index contributed by atoms with van der Waals surface area (Å²) in [5.74, 6) is 1.18. The molecular formula is C35H39Cl2N7O3. The van der Waals surface area contributed by atoms with Crippen LogP contribution in [0, 0.1) is 0 Å². The fraction of sp³-hybridized carbons (Fsp3) is 0.371. The second kappa shape index (κ2) is 14.4. The number of benzene rings is 1. The van der Waals surface area contributed by atoms with Crippen molar-refractivity contribution in [3.8, 4) is 5.88 Å². The number of carbonyl (C=O) groups excluding carboxylic acids is 2. The zero-order valence-corrected chi connectivity index (χ0v) is 27.7. The van der Waals surface area contributed by atoms with Crippen LogP contribution in [0.3, 0.4) is 0 Å². The van der Waals surface area contributed by atoms with Crippen LogP contribution < -0.4 is 31.3 Å². The highest BCUT2D eigenvalue weighted by Gasteiger charge is 2.54. The maximum absolute atomic E-state index is 11.6. The van der Waals surface area contributed by atoms with Gasteiger partial charge in [0, 0.05) is 62.9 Å². The number of hydrogen-bond acceptors (Lipinski definition) is 8. The van der Waals surface area contributed by atoms with E-state index in [1.807, 2.05) is 72.8 Å². The minimum atomic E-state index is -1.53. The molecule has 4 heterocycles. The Bertz CT molecular complexity index is 1670. The molecule has 2 aliphatic heterocycles. The van der Waals surface area contributed by atoms with Gasteiger partial charge in [-0.3, -0.25) is 9.59 Å². The van der Waals surface area contributed by atoms with Crippen LogP contribution in [-0.4, -0.2) is 58.4 Å². The van der Waals surface area contributed by atoms with E-state index in [9.17, 15) is 9.59 Å². The zero-order chi connectivity index (χ0) is 32.9. The lowest BCUT2D eigenvalue weighted by Crippen LogP contribution is -2.51. The highest BCUT2D eigenvalue weighted by Crippen LogP contribution is 2.54. The number of nitrogens with zero attached hydrogens (tertiary/aromatic N) is 2. The molecular weight excluding hydrogens is 637 g/mol. The van der Waals surface area contributed by atoms with Crippen molar-refractivity contribution in [3.63, 3.8) is 0 Å². The van der Waals surface area contributed by atoms with Gasteiger partial charge in [-0.1, -0.05) is 71.8 Å². The van der Waals surface area contributed by atoms with Gasteiger partial charge in [0.25, 0.3) is 0 Å². The first-order chi connectivity index (χ1) is 22.8. The minimum Gasteiger partial charge on any atom is -0.481 e. The number of pyridine rings is 2. The fourth-order valence-corrected chi connectivity index (χ4v) is 7.08. The molecule has 6 rings (SSSR count). The molecule has 2 saturated heterocycles. The van der Waals surface area contributed by atoms with Crippen molar-refractivity contribution < 1.29 is 14.3 Å². The molecule has 0 radical (unpaired) electrons. The molecule has 3 aliphatic rings. The molecule has 47 heavy (non-hydrogen) atoms. The lowest BCUT2D eigenvalue weighted by atomic mass is 9.79. The highest BCUT2D eigenvalue weighted by atomic mass is 35.5. The molecule has 5 N–H and O–H groups in total. The topological polar surface area (TPSA) is 129 Å². The molecule has 1 unspecified atom stereocenters. The molecule has 0 bridgehead atoms. The van der Waals surface area contributed by atoms with E-state index in [-0.39, 0.29) is 23.9 Å². The Kier molecular flexibility index (Phi) is 10.1. The van der Waals surface area contributed by atoms with Gasteiger partial charge in [-0.15, -0.1) is 0 Å². The van der Waals surface area contributed by atoms with E-state index >= 15 is 0 Å². The predicted molar refractivity (Wildman–Crippen MR) is 184 cm³/mol. The number of ether oxygens (including phenoxy) is 1. The highest BCUT2D eigenvalue weighted by molar-refractivity contribution is 6.55. The Morgan fingerprint density at radius 3 is 2.30 bits per heavy atom. The first kappa shape index (κ1) is 33.0. The first-order valence-electron chi connectivity index (χ1n) is 15.9. The number of methoxy groups -OCH3 is 1. The number of nitrogens with one attached hydrogen (secondary N) is 5. The zero-order valence-electron chi connectivity index (χ0n) is 26.2. The number of rotatable bonds is 13. The molecule has 246 valence electrons. The molecule has 3 aromatic rings. The molecule has 0 saturated carbocycles. The molecule has 12 heteroatoms. The SMILES string of the molecule is COc1nc(C2(Nc3cc(CNC[C@@H]4CCC(=O)N4)ccn3)C=CC=C(c3ccccc3)C2(Cl)Cl)ccc1CNC[C@@H]1CCC(=O)N1. The number of halogens is 2. The quantitative estimate of drug-likeness (QED) is 0.169. The maximum atomic E-state index is 11.6. The van der Waals surface area contributed by atoms with Crippen molar-refractivity contribution >= 4 is 46.4 Å². The maximum Gasteiger partial charge on any atom is 0.220 e. The van der Waals surface area contributed by atoms with Crippen LogP contribution in [-0.2, 0) is 28.2 Å². The lowest BCUT2D eigenvalue weighted by molar-refractivity contribution is -0.120. The van der Waals surface area contributed by atoms with Crippen LogP contribution in [0.1, 0.15) is 48.1 Å². The number of alkyl halides is 2. The summed E-state index contributed by atoms with van der Waals surface area (Å²) in [4.78, 5) is 32.8. The lowest BCUT2D eigenvalue weighted by Gasteiger charge is -2.44. The Morgan fingerprint density at radius 2 is 1.64 bits per heavy atom. The van der Waals surface area contributed by atoms with Crippen molar-refractivity contribution in [3.05, 3.63) is 101 Å². The molecule has 10 nitrogen and oxygen atoms in total. The smallest absolute Gasteiger partial charge is 0.220 e. The molecule has 3 atom stereocenters. The molecule has 2 amide bonds. The molecule has 2 fully saturated rings. The van der Waals surface area contributed by atoms with E-state index < -0.39 is 9.87 Å². The van der Waals surface area contributed by atoms with Crippen molar-refractivity contribution in [2.45, 2.75) is 60.7 Å². The van der Waals surface area contributed by atoms with Gasteiger partial charge in [-0.2, -0.15) is 0 Å². The average Bonchev–Trinajstić information content (AvgIpc) is 3.69. The third kappa shape index (κ3) is 7.31. The molecule has 1 aliphatic carbocycles. The monoisotopic (exact) mass is 675 g/mol. The van der Waals surface area contributed by atoms with E-state index in [1.165, 1.54) is 0 Å².